The highest BCUT2D eigenvalue weighted by atomic mass is 16.3. The molecule has 1 saturated heterocycles. The summed E-state index contributed by atoms with van der Waals surface area (Å²) in [5.41, 5.74) is 1.80. The van der Waals surface area contributed by atoms with Crippen LogP contribution in [-0.4, -0.2) is 43.9 Å². The molecule has 2 aromatic heterocycles. The Labute approximate surface area is 193 Å². The van der Waals surface area contributed by atoms with Gasteiger partial charge in [-0.2, -0.15) is 0 Å². The number of imidazole rings is 1. The summed E-state index contributed by atoms with van der Waals surface area (Å²) in [6.07, 6.45) is 3.88. The molecule has 0 unspecified atom stereocenters. The highest BCUT2D eigenvalue weighted by molar-refractivity contribution is 5.91. The predicted molar refractivity (Wildman–Crippen MR) is 131 cm³/mol. The van der Waals surface area contributed by atoms with E-state index in [2.05, 4.69) is 24.8 Å². The largest absolute Gasteiger partial charge is 0.494 e. The zero-order valence-corrected chi connectivity index (χ0v) is 18.4. The lowest BCUT2D eigenvalue weighted by Crippen LogP contribution is -2.32. The molecule has 0 atom stereocenters. The Bertz CT molecular complexity index is 1540. The number of aromatic hydroxyl groups is 1. The molecule has 0 amide bonds. The summed E-state index contributed by atoms with van der Waals surface area (Å²) in [5.74, 6) is -0.438. The van der Waals surface area contributed by atoms with Crippen molar-refractivity contribution in [1.82, 2.24) is 19.5 Å². The fourth-order valence-corrected chi connectivity index (χ4v) is 4.29. The molecular weight excluding hydrogens is 436 g/mol. The monoisotopic (exact) mass is 460 g/mol. The van der Waals surface area contributed by atoms with Crippen LogP contribution in [-0.2, 0) is 13.0 Å². The van der Waals surface area contributed by atoms with Gasteiger partial charge in [-0.05, 0) is 37.0 Å². The second-order valence-electron chi connectivity index (χ2n) is 8.30. The van der Waals surface area contributed by atoms with Gasteiger partial charge in [-0.15, -0.1) is 0 Å². The Hall–Kier alpha value is -4.34. The standard InChI is InChI=1S/C24H24N6O4/c31-21-16(22(32)30(24(34)28-21)11-8-15-6-2-1-3-7-15)14-25-19-12-17-18(27-23(33)26-17)13-20(19)29-9-4-5-10-29/h1-3,6-7,12-14,32H,4-5,8-11H2,(H2,26,27,33)(H,28,31,34). The first-order chi connectivity index (χ1) is 16.5. The Kier molecular flexibility index (Phi) is 5.62. The summed E-state index contributed by atoms with van der Waals surface area (Å²) in [6, 6.07) is 13.1. The van der Waals surface area contributed by atoms with Crippen molar-refractivity contribution in [2.75, 3.05) is 18.0 Å². The van der Waals surface area contributed by atoms with Crippen molar-refractivity contribution in [3.05, 3.63) is 84.9 Å². The maximum atomic E-state index is 12.5. The van der Waals surface area contributed by atoms with E-state index in [0.29, 0.717) is 23.1 Å². The summed E-state index contributed by atoms with van der Waals surface area (Å²) < 4.78 is 1.13. The number of hydrogen-bond acceptors (Lipinski definition) is 6. The summed E-state index contributed by atoms with van der Waals surface area (Å²) in [6.45, 7) is 1.92. The maximum Gasteiger partial charge on any atom is 0.331 e. The average Bonchev–Trinajstić information content (AvgIpc) is 3.47. The fourth-order valence-electron chi connectivity index (χ4n) is 4.29. The van der Waals surface area contributed by atoms with Gasteiger partial charge in [-0.1, -0.05) is 30.3 Å². The number of hydrogen-bond donors (Lipinski definition) is 4. The lowest BCUT2D eigenvalue weighted by Gasteiger charge is -2.19. The van der Waals surface area contributed by atoms with Gasteiger partial charge in [-0.25, -0.2) is 9.59 Å². The fraction of sp³-hybridized carbons (Fsp3) is 0.250. The second kappa shape index (κ2) is 8.89. The molecule has 4 aromatic rings. The minimum atomic E-state index is -0.721. The van der Waals surface area contributed by atoms with Gasteiger partial charge >= 0.3 is 11.4 Å². The van der Waals surface area contributed by atoms with E-state index in [-0.39, 0.29) is 17.8 Å². The SMILES string of the molecule is O=c1[nH]c2cc(N=Cc3c(O)n(CCc4ccccc4)c(=O)[nH]c3=O)c(N3CCCC3)cc2[nH]1. The number of aryl methyl sites for hydroxylation is 1. The van der Waals surface area contributed by atoms with Gasteiger partial charge in [0.1, 0.15) is 5.56 Å². The van der Waals surface area contributed by atoms with Crippen LogP contribution >= 0.6 is 0 Å². The number of nitrogens with zero attached hydrogens (tertiary/aromatic N) is 3. The van der Waals surface area contributed by atoms with Crippen LogP contribution in [0.25, 0.3) is 11.0 Å². The van der Waals surface area contributed by atoms with Crippen LogP contribution in [0.3, 0.4) is 0 Å². The molecule has 1 fully saturated rings. The van der Waals surface area contributed by atoms with E-state index in [9.17, 15) is 19.5 Å². The molecule has 0 bridgehead atoms. The number of H-pyrrole nitrogens is 3. The highest BCUT2D eigenvalue weighted by Crippen LogP contribution is 2.34. The van der Waals surface area contributed by atoms with Crippen molar-refractivity contribution >= 4 is 28.6 Å². The molecule has 10 nitrogen and oxygen atoms in total. The number of anilines is 1. The van der Waals surface area contributed by atoms with Crippen LogP contribution in [0.4, 0.5) is 11.4 Å². The van der Waals surface area contributed by atoms with Gasteiger partial charge in [0.05, 0.1) is 22.4 Å². The number of rotatable bonds is 6. The molecule has 0 spiro atoms. The van der Waals surface area contributed by atoms with Crippen molar-refractivity contribution in [2.45, 2.75) is 25.8 Å². The summed E-state index contributed by atoms with van der Waals surface area (Å²) in [5, 5.41) is 10.8. The number of aromatic nitrogens is 4. The van der Waals surface area contributed by atoms with E-state index in [1.807, 2.05) is 36.4 Å². The van der Waals surface area contributed by atoms with Gasteiger partial charge in [0, 0.05) is 25.8 Å². The molecule has 2 aromatic carbocycles. The van der Waals surface area contributed by atoms with Gasteiger partial charge in [0.25, 0.3) is 5.56 Å². The van der Waals surface area contributed by atoms with Crippen LogP contribution in [0.2, 0.25) is 0 Å². The highest BCUT2D eigenvalue weighted by Gasteiger charge is 2.18. The van der Waals surface area contributed by atoms with E-state index >= 15 is 0 Å². The topological polar surface area (TPSA) is 139 Å². The van der Waals surface area contributed by atoms with E-state index in [1.165, 1.54) is 6.21 Å². The lowest BCUT2D eigenvalue weighted by atomic mass is 10.1. The molecule has 5 rings (SSSR count). The number of fused-ring (bicyclic) bond motifs is 1. The first-order valence-electron chi connectivity index (χ1n) is 11.1. The molecule has 174 valence electrons. The van der Waals surface area contributed by atoms with Crippen LogP contribution in [0.5, 0.6) is 5.88 Å². The average molecular weight is 460 g/mol. The lowest BCUT2D eigenvalue weighted by molar-refractivity contribution is 0.399. The molecular formula is C24H24N6O4. The second-order valence-corrected chi connectivity index (χ2v) is 8.30. The van der Waals surface area contributed by atoms with Crippen molar-refractivity contribution < 1.29 is 5.11 Å². The van der Waals surface area contributed by atoms with Crippen molar-refractivity contribution in [1.29, 1.82) is 0 Å². The van der Waals surface area contributed by atoms with Gasteiger partial charge in [0.2, 0.25) is 5.88 Å². The number of benzene rings is 2. The molecule has 1 aliphatic heterocycles. The summed E-state index contributed by atoms with van der Waals surface area (Å²) >= 11 is 0. The third kappa shape index (κ3) is 4.17. The Morgan fingerprint density at radius 3 is 2.41 bits per heavy atom. The first-order valence-corrected chi connectivity index (χ1v) is 11.1. The molecule has 4 N–H and O–H groups in total. The molecule has 0 radical (unpaired) electrons. The molecule has 1 aliphatic rings. The van der Waals surface area contributed by atoms with Gasteiger partial charge in [-0.3, -0.25) is 19.3 Å². The Balaban J connectivity index is 1.52. The smallest absolute Gasteiger partial charge is 0.331 e. The molecule has 0 aliphatic carbocycles. The minimum Gasteiger partial charge on any atom is -0.494 e. The Morgan fingerprint density at radius 2 is 1.68 bits per heavy atom. The molecule has 3 heterocycles. The normalized spacial score (nSPS) is 13.9. The number of aliphatic imine (C=N–C) groups is 1. The minimum absolute atomic E-state index is 0.109. The number of nitrogens with one attached hydrogen (secondary N) is 3. The zero-order valence-electron chi connectivity index (χ0n) is 18.4. The third-order valence-corrected chi connectivity index (χ3v) is 6.06. The van der Waals surface area contributed by atoms with Crippen LogP contribution in [0, 0.1) is 0 Å². The van der Waals surface area contributed by atoms with Crippen molar-refractivity contribution in [3.8, 4) is 5.88 Å². The first kappa shape index (κ1) is 21.5. The molecule has 10 heteroatoms. The third-order valence-electron chi connectivity index (χ3n) is 6.06. The molecule has 0 saturated carbocycles. The quantitative estimate of drug-likeness (QED) is 0.326. The van der Waals surface area contributed by atoms with Gasteiger partial charge in [0.15, 0.2) is 0 Å². The van der Waals surface area contributed by atoms with Crippen LogP contribution < -0.4 is 21.8 Å². The zero-order chi connectivity index (χ0) is 23.7. The van der Waals surface area contributed by atoms with Crippen molar-refractivity contribution in [3.63, 3.8) is 0 Å². The summed E-state index contributed by atoms with van der Waals surface area (Å²) in [7, 11) is 0. The molecule has 34 heavy (non-hydrogen) atoms. The van der Waals surface area contributed by atoms with E-state index in [4.69, 9.17) is 0 Å². The predicted octanol–water partition coefficient (Wildman–Crippen LogP) is 2.01. The Morgan fingerprint density at radius 1 is 0.971 bits per heavy atom. The van der Waals surface area contributed by atoms with Crippen molar-refractivity contribution in [2.24, 2.45) is 4.99 Å². The summed E-state index contributed by atoms with van der Waals surface area (Å²) in [4.78, 5) is 51.0. The van der Waals surface area contributed by atoms with E-state index < -0.39 is 17.1 Å². The van der Waals surface area contributed by atoms with Gasteiger partial charge < -0.3 is 20.0 Å². The van der Waals surface area contributed by atoms with E-state index in [0.717, 1.165) is 41.7 Å². The van der Waals surface area contributed by atoms with Crippen LogP contribution in [0.1, 0.15) is 24.0 Å². The number of aromatic amines is 3. The van der Waals surface area contributed by atoms with Crippen LogP contribution in [0.15, 0.2) is 61.8 Å². The maximum absolute atomic E-state index is 12.5. The van der Waals surface area contributed by atoms with E-state index in [1.54, 1.807) is 6.07 Å².